The summed E-state index contributed by atoms with van der Waals surface area (Å²) in [6, 6.07) is 5.55. The maximum absolute atomic E-state index is 12.1. The van der Waals surface area contributed by atoms with Crippen LogP contribution in [-0.2, 0) is 5.75 Å². The lowest BCUT2D eigenvalue weighted by Gasteiger charge is -2.05. The summed E-state index contributed by atoms with van der Waals surface area (Å²) >= 11 is 1.38. The highest BCUT2D eigenvalue weighted by Gasteiger charge is 2.10. The number of nitrogen functional groups attached to an aromatic ring is 1. The van der Waals surface area contributed by atoms with Gasteiger partial charge in [0, 0.05) is 0 Å². The molecule has 0 radical (unpaired) electrons. The molecule has 1 aromatic carbocycles. The first-order valence-corrected chi connectivity index (χ1v) is 7.33. The van der Waals surface area contributed by atoms with Gasteiger partial charge in [-0.1, -0.05) is 23.9 Å². The van der Waals surface area contributed by atoms with E-state index in [0.29, 0.717) is 27.9 Å². The van der Waals surface area contributed by atoms with Crippen LogP contribution in [-0.4, -0.2) is 24.8 Å². The van der Waals surface area contributed by atoms with Crippen molar-refractivity contribution in [1.29, 1.82) is 0 Å². The predicted molar refractivity (Wildman–Crippen MR) is 81.6 cm³/mol. The fourth-order valence-corrected chi connectivity index (χ4v) is 2.77. The summed E-state index contributed by atoms with van der Waals surface area (Å²) in [5, 5.41) is 9.03. The Morgan fingerprint density at radius 2 is 2.14 bits per heavy atom. The molecule has 0 amide bonds. The third kappa shape index (κ3) is 2.49. The lowest BCUT2D eigenvalue weighted by Crippen LogP contribution is -2.13. The third-order valence-electron chi connectivity index (χ3n) is 3.16. The summed E-state index contributed by atoms with van der Waals surface area (Å²) in [5.41, 5.74) is 1.56. The van der Waals surface area contributed by atoms with Crippen molar-refractivity contribution in [2.45, 2.75) is 24.8 Å². The molecule has 108 valence electrons. The van der Waals surface area contributed by atoms with E-state index >= 15 is 0 Å². The van der Waals surface area contributed by atoms with Crippen LogP contribution in [0.15, 0.2) is 28.2 Å². The van der Waals surface area contributed by atoms with E-state index in [1.165, 1.54) is 16.4 Å². The number of para-hydroxylation sites is 1. The van der Waals surface area contributed by atoms with Crippen molar-refractivity contribution < 1.29 is 0 Å². The van der Waals surface area contributed by atoms with E-state index in [4.69, 9.17) is 5.84 Å². The fraction of sp³-hybridized carbons (Fsp3) is 0.231. The van der Waals surface area contributed by atoms with Gasteiger partial charge in [-0.2, -0.15) is 0 Å². The molecule has 2 heterocycles. The topological polar surface area (TPSA) is 102 Å². The predicted octanol–water partition coefficient (Wildman–Crippen LogP) is 1.14. The minimum Gasteiger partial charge on any atom is -0.336 e. The molecule has 7 nitrogen and oxygen atoms in total. The number of hydrogen-bond acceptors (Lipinski definition) is 6. The number of nitrogens with zero attached hydrogens (tertiary/aromatic N) is 4. The van der Waals surface area contributed by atoms with Gasteiger partial charge in [0.25, 0.3) is 5.56 Å². The number of H-pyrrole nitrogens is 1. The van der Waals surface area contributed by atoms with Gasteiger partial charge in [0.2, 0.25) is 5.16 Å². The second kappa shape index (κ2) is 5.21. The molecule has 2 aromatic heterocycles. The summed E-state index contributed by atoms with van der Waals surface area (Å²) in [7, 11) is 0. The van der Waals surface area contributed by atoms with Gasteiger partial charge in [-0.25, -0.2) is 9.66 Å². The second-order valence-electron chi connectivity index (χ2n) is 4.67. The van der Waals surface area contributed by atoms with Crippen LogP contribution in [0.25, 0.3) is 10.9 Å². The molecule has 0 unspecified atom stereocenters. The number of aromatic nitrogens is 5. The average Bonchev–Trinajstić information content (AvgIpc) is 2.78. The summed E-state index contributed by atoms with van der Waals surface area (Å²) in [5.74, 6) is 7.48. The highest BCUT2D eigenvalue weighted by molar-refractivity contribution is 7.98. The van der Waals surface area contributed by atoms with Gasteiger partial charge in [0.05, 0.1) is 16.7 Å². The van der Waals surface area contributed by atoms with E-state index < -0.39 is 0 Å². The van der Waals surface area contributed by atoms with Gasteiger partial charge >= 0.3 is 0 Å². The summed E-state index contributed by atoms with van der Waals surface area (Å²) in [6.45, 7) is 3.71. The second-order valence-corrected chi connectivity index (χ2v) is 5.61. The fourth-order valence-electron chi connectivity index (χ4n) is 2.00. The molecule has 8 heteroatoms. The lowest BCUT2D eigenvalue weighted by atomic mass is 10.1. The Morgan fingerprint density at radius 1 is 1.33 bits per heavy atom. The Labute approximate surface area is 124 Å². The largest absolute Gasteiger partial charge is 0.336 e. The van der Waals surface area contributed by atoms with Gasteiger partial charge in [-0.3, -0.25) is 4.79 Å². The Morgan fingerprint density at radius 3 is 2.86 bits per heavy atom. The molecule has 21 heavy (non-hydrogen) atoms. The van der Waals surface area contributed by atoms with Crippen molar-refractivity contribution in [3.63, 3.8) is 0 Å². The van der Waals surface area contributed by atoms with Crippen LogP contribution in [0.4, 0.5) is 0 Å². The summed E-state index contributed by atoms with van der Waals surface area (Å²) < 4.78 is 1.41. The van der Waals surface area contributed by atoms with Crippen molar-refractivity contribution in [3.05, 3.63) is 45.8 Å². The summed E-state index contributed by atoms with van der Waals surface area (Å²) in [4.78, 5) is 19.4. The van der Waals surface area contributed by atoms with Crippen LogP contribution in [0, 0.1) is 13.8 Å². The molecule has 3 N–H and O–H groups in total. The molecule has 0 spiro atoms. The Kier molecular flexibility index (Phi) is 3.38. The smallest absolute Gasteiger partial charge is 0.258 e. The molecule has 0 bridgehead atoms. The van der Waals surface area contributed by atoms with Crippen molar-refractivity contribution in [3.8, 4) is 0 Å². The molecule has 0 saturated carbocycles. The van der Waals surface area contributed by atoms with Gasteiger partial charge in [0.1, 0.15) is 11.6 Å². The van der Waals surface area contributed by atoms with Crippen molar-refractivity contribution in [2.24, 2.45) is 0 Å². The van der Waals surface area contributed by atoms with Crippen LogP contribution in [0.1, 0.15) is 17.2 Å². The van der Waals surface area contributed by atoms with Crippen molar-refractivity contribution >= 4 is 22.7 Å². The molecule has 0 aliphatic rings. The lowest BCUT2D eigenvalue weighted by molar-refractivity contribution is 0.824. The number of benzene rings is 1. The van der Waals surface area contributed by atoms with Gasteiger partial charge in [0.15, 0.2) is 0 Å². The van der Waals surface area contributed by atoms with E-state index in [0.717, 1.165) is 11.1 Å². The normalized spacial score (nSPS) is 11.1. The molecule has 0 saturated heterocycles. The molecule has 0 aliphatic heterocycles. The zero-order valence-electron chi connectivity index (χ0n) is 11.6. The summed E-state index contributed by atoms with van der Waals surface area (Å²) in [6.07, 6.45) is 0. The minimum atomic E-state index is -0.135. The van der Waals surface area contributed by atoms with Gasteiger partial charge in [-0.05, 0) is 25.5 Å². The third-order valence-corrected chi connectivity index (χ3v) is 4.11. The molecule has 0 aliphatic carbocycles. The number of nitrogens with two attached hydrogens (primary N) is 1. The molecule has 3 rings (SSSR count). The number of aromatic amines is 1. The highest BCUT2D eigenvalue weighted by Crippen LogP contribution is 2.19. The standard InChI is InChI=1S/C13H14N6OS/c1-7-4-3-5-9-11(7)15-10(16-12(9)20)6-21-13-18-17-8(2)19(13)14/h3-5H,6,14H2,1-2H3,(H,15,16,20). The number of thioether (sulfide) groups is 1. The minimum absolute atomic E-state index is 0.135. The van der Waals surface area contributed by atoms with Crippen LogP contribution < -0.4 is 11.4 Å². The van der Waals surface area contributed by atoms with E-state index in [9.17, 15) is 4.79 Å². The first kappa shape index (κ1) is 13.6. The van der Waals surface area contributed by atoms with Crippen molar-refractivity contribution in [1.82, 2.24) is 24.8 Å². The zero-order chi connectivity index (χ0) is 15.0. The van der Waals surface area contributed by atoms with Crippen LogP contribution >= 0.6 is 11.8 Å². The Bertz CT molecular complexity index is 869. The van der Waals surface area contributed by atoms with Gasteiger partial charge < -0.3 is 10.8 Å². The van der Waals surface area contributed by atoms with Crippen molar-refractivity contribution in [2.75, 3.05) is 5.84 Å². The Hall–Kier alpha value is -2.35. The van der Waals surface area contributed by atoms with E-state index in [-0.39, 0.29) is 5.56 Å². The van der Waals surface area contributed by atoms with Gasteiger partial charge in [-0.15, -0.1) is 10.2 Å². The maximum Gasteiger partial charge on any atom is 0.258 e. The number of nitrogens with one attached hydrogen (secondary N) is 1. The highest BCUT2D eigenvalue weighted by atomic mass is 32.2. The molecular weight excluding hydrogens is 288 g/mol. The van der Waals surface area contributed by atoms with E-state index in [1.807, 2.05) is 19.1 Å². The molecule has 3 aromatic rings. The quantitative estimate of drug-likeness (QED) is 0.555. The molecule has 0 fully saturated rings. The number of fused-ring (bicyclic) bond motifs is 1. The van der Waals surface area contributed by atoms with E-state index in [1.54, 1.807) is 13.0 Å². The van der Waals surface area contributed by atoms with E-state index in [2.05, 4.69) is 20.2 Å². The monoisotopic (exact) mass is 302 g/mol. The molecular formula is C13H14N6OS. The maximum atomic E-state index is 12.1. The van der Waals surface area contributed by atoms with Crippen LogP contribution in [0.3, 0.4) is 0 Å². The number of hydrogen-bond donors (Lipinski definition) is 2. The van der Waals surface area contributed by atoms with Crippen LogP contribution in [0.2, 0.25) is 0 Å². The first-order chi connectivity index (χ1) is 10.1. The number of aryl methyl sites for hydroxylation is 2. The Balaban J connectivity index is 1.93. The number of rotatable bonds is 3. The van der Waals surface area contributed by atoms with Crippen LogP contribution in [0.5, 0.6) is 0 Å². The SMILES string of the molecule is Cc1cccc2c(=O)[nH]c(CSc3nnc(C)n3N)nc12. The first-order valence-electron chi connectivity index (χ1n) is 6.34. The zero-order valence-corrected chi connectivity index (χ0v) is 12.4. The average molecular weight is 302 g/mol. The molecule has 0 atom stereocenters.